The third-order valence-corrected chi connectivity index (χ3v) is 1.79. The van der Waals surface area contributed by atoms with Crippen LogP contribution < -0.4 is 0 Å². The molecule has 1 unspecified atom stereocenters. The van der Waals surface area contributed by atoms with E-state index in [1.807, 2.05) is 0 Å². The van der Waals surface area contributed by atoms with Crippen LogP contribution in [0.4, 0.5) is 0 Å². The van der Waals surface area contributed by atoms with Gasteiger partial charge in [-0.25, -0.2) is 0 Å². The SMILES string of the molecule is CC=C(C)CC(C)CCO. The maximum absolute atomic E-state index is 8.60. The molecule has 60 valence electrons. The Morgan fingerprint density at radius 2 is 2.20 bits per heavy atom. The maximum atomic E-state index is 8.60. The molecule has 0 fully saturated rings. The Bertz CT molecular complexity index is 105. The van der Waals surface area contributed by atoms with Gasteiger partial charge in [0.1, 0.15) is 0 Å². The van der Waals surface area contributed by atoms with Crippen molar-refractivity contribution < 1.29 is 5.11 Å². The monoisotopic (exact) mass is 142 g/mol. The van der Waals surface area contributed by atoms with Gasteiger partial charge in [0, 0.05) is 6.61 Å². The molecule has 0 amide bonds. The Kier molecular flexibility index (Phi) is 5.32. The van der Waals surface area contributed by atoms with E-state index >= 15 is 0 Å². The van der Waals surface area contributed by atoms with Gasteiger partial charge >= 0.3 is 0 Å². The Hall–Kier alpha value is -0.300. The molecule has 0 spiro atoms. The molecule has 0 radical (unpaired) electrons. The van der Waals surface area contributed by atoms with E-state index in [4.69, 9.17) is 5.11 Å². The van der Waals surface area contributed by atoms with Crippen molar-refractivity contribution in [1.82, 2.24) is 0 Å². The lowest BCUT2D eigenvalue weighted by Crippen LogP contribution is -1.98. The van der Waals surface area contributed by atoms with Crippen LogP contribution in [0.5, 0.6) is 0 Å². The van der Waals surface area contributed by atoms with E-state index in [-0.39, 0.29) is 0 Å². The summed E-state index contributed by atoms with van der Waals surface area (Å²) in [4.78, 5) is 0. The Morgan fingerprint density at radius 1 is 1.60 bits per heavy atom. The minimum Gasteiger partial charge on any atom is -0.396 e. The topological polar surface area (TPSA) is 20.2 Å². The smallest absolute Gasteiger partial charge is 0.0433 e. The quantitative estimate of drug-likeness (QED) is 0.597. The van der Waals surface area contributed by atoms with E-state index in [0.29, 0.717) is 12.5 Å². The van der Waals surface area contributed by atoms with Crippen LogP contribution in [0.15, 0.2) is 11.6 Å². The highest BCUT2D eigenvalue weighted by Crippen LogP contribution is 2.13. The van der Waals surface area contributed by atoms with Crippen molar-refractivity contribution in [1.29, 1.82) is 0 Å². The lowest BCUT2D eigenvalue weighted by molar-refractivity contribution is 0.262. The molecule has 1 N–H and O–H groups in total. The molecule has 1 nitrogen and oxygen atoms in total. The van der Waals surface area contributed by atoms with Gasteiger partial charge in [-0.1, -0.05) is 18.6 Å². The summed E-state index contributed by atoms with van der Waals surface area (Å²) < 4.78 is 0. The van der Waals surface area contributed by atoms with Crippen molar-refractivity contribution in [2.75, 3.05) is 6.61 Å². The summed E-state index contributed by atoms with van der Waals surface area (Å²) in [6.07, 6.45) is 4.18. The van der Waals surface area contributed by atoms with Gasteiger partial charge in [0.25, 0.3) is 0 Å². The minimum absolute atomic E-state index is 0.318. The van der Waals surface area contributed by atoms with Gasteiger partial charge in [-0.15, -0.1) is 0 Å². The molecule has 0 aliphatic rings. The number of aliphatic hydroxyl groups is 1. The summed E-state index contributed by atoms with van der Waals surface area (Å²) in [7, 11) is 0. The molecule has 0 heterocycles. The van der Waals surface area contributed by atoms with Crippen molar-refractivity contribution in [2.24, 2.45) is 5.92 Å². The highest BCUT2D eigenvalue weighted by Gasteiger charge is 2.00. The first-order chi connectivity index (χ1) is 4.70. The molecule has 0 saturated carbocycles. The van der Waals surface area contributed by atoms with E-state index in [2.05, 4.69) is 26.8 Å². The summed E-state index contributed by atoms with van der Waals surface area (Å²) in [5.41, 5.74) is 1.42. The van der Waals surface area contributed by atoms with Crippen LogP contribution in [0.25, 0.3) is 0 Å². The number of aliphatic hydroxyl groups excluding tert-OH is 1. The van der Waals surface area contributed by atoms with Crippen molar-refractivity contribution in [3.8, 4) is 0 Å². The van der Waals surface area contributed by atoms with Crippen LogP contribution in [0.1, 0.15) is 33.6 Å². The summed E-state index contributed by atoms with van der Waals surface area (Å²) in [6, 6.07) is 0. The van der Waals surface area contributed by atoms with Gasteiger partial charge in [-0.3, -0.25) is 0 Å². The number of hydrogen-bond acceptors (Lipinski definition) is 1. The second kappa shape index (κ2) is 5.48. The zero-order chi connectivity index (χ0) is 7.98. The predicted molar refractivity (Wildman–Crippen MR) is 44.9 cm³/mol. The lowest BCUT2D eigenvalue weighted by atomic mass is 9.99. The third-order valence-electron chi connectivity index (χ3n) is 1.79. The molecule has 0 bridgehead atoms. The molecule has 0 rings (SSSR count). The molecule has 0 aromatic carbocycles. The van der Waals surface area contributed by atoms with E-state index in [1.165, 1.54) is 5.57 Å². The molecular weight excluding hydrogens is 124 g/mol. The number of hydrogen-bond donors (Lipinski definition) is 1. The van der Waals surface area contributed by atoms with Gasteiger partial charge in [0.05, 0.1) is 0 Å². The predicted octanol–water partition coefficient (Wildman–Crippen LogP) is 2.36. The molecule has 1 atom stereocenters. The first kappa shape index (κ1) is 9.70. The molecule has 0 aromatic heterocycles. The number of allylic oxidation sites excluding steroid dienone is 2. The Labute approximate surface area is 63.8 Å². The standard InChI is InChI=1S/C9H18O/c1-4-8(2)7-9(3)5-6-10/h4,9-10H,5-7H2,1-3H3. The summed E-state index contributed by atoms with van der Waals surface area (Å²) in [5.74, 6) is 0.626. The van der Waals surface area contributed by atoms with Gasteiger partial charge < -0.3 is 5.11 Å². The fourth-order valence-corrected chi connectivity index (χ4v) is 0.990. The summed E-state index contributed by atoms with van der Waals surface area (Å²) in [5, 5.41) is 8.60. The average Bonchev–Trinajstić information content (AvgIpc) is 1.88. The highest BCUT2D eigenvalue weighted by molar-refractivity contribution is 4.96. The van der Waals surface area contributed by atoms with E-state index < -0.39 is 0 Å². The Balaban J connectivity index is 3.47. The maximum Gasteiger partial charge on any atom is 0.0433 e. The fourth-order valence-electron chi connectivity index (χ4n) is 0.990. The Morgan fingerprint density at radius 3 is 2.60 bits per heavy atom. The second-order valence-corrected chi connectivity index (χ2v) is 2.96. The van der Waals surface area contributed by atoms with Gasteiger partial charge in [-0.2, -0.15) is 0 Å². The molecular formula is C9H18O. The van der Waals surface area contributed by atoms with E-state index in [1.54, 1.807) is 0 Å². The van der Waals surface area contributed by atoms with Crippen molar-refractivity contribution in [3.05, 3.63) is 11.6 Å². The van der Waals surface area contributed by atoms with Crippen LogP contribution in [-0.2, 0) is 0 Å². The highest BCUT2D eigenvalue weighted by atomic mass is 16.2. The van der Waals surface area contributed by atoms with Crippen LogP contribution in [0, 0.1) is 5.92 Å². The summed E-state index contributed by atoms with van der Waals surface area (Å²) >= 11 is 0. The average molecular weight is 142 g/mol. The van der Waals surface area contributed by atoms with Gasteiger partial charge in [-0.05, 0) is 32.6 Å². The largest absolute Gasteiger partial charge is 0.396 e. The van der Waals surface area contributed by atoms with E-state index in [0.717, 1.165) is 12.8 Å². The first-order valence-corrected chi connectivity index (χ1v) is 3.93. The fraction of sp³-hybridized carbons (Fsp3) is 0.778. The van der Waals surface area contributed by atoms with Crippen LogP contribution in [0.2, 0.25) is 0 Å². The van der Waals surface area contributed by atoms with Crippen LogP contribution in [-0.4, -0.2) is 11.7 Å². The normalized spacial score (nSPS) is 15.4. The van der Waals surface area contributed by atoms with Crippen molar-refractivity contribution in [3.63, 3.8) is 0 Å². The third kappa shape index (κ3) is 4.57. The van der Waals surface area contributed by atoms with Crippen LogP contribution >= 0.6 is 0 Å². The number of rotatable bonds is 4. The summed E-state index contributed by atoms with van der Waals surface area (Å²) in [6.45, 7) is 6.68. The second-order valence-electron chi connectivity index (χ2n) is 2.96. The molecule has 10 heavy (non-hydrogen) atoms. The van der Waals surface area contributed by atoms with Crippen molar-refractivity contribution in [2.45, 2.75) is 33.6 Å². The van der Waals surface area contributed by atoms with Crippen LogP contribution in [0.3, 0.4) is 0 Å². The van der Waals surface area contributed by atoms with Gasteiger partial charge in [0.2, 0.25) is 0 Å². The molecule has 0 saturated heterocycles. The zero-order valence-corrected chi connectivity index (χ0v) is 7.22. The van der Waals surface area contributed by atoms with E-state index in [9.17, 15) is 0 Å². The zero-order valence-electron chi connectivity index (χ0n) is 7.22. The van der Waals surface area contributed by atoms with Gasteiger partial charge in [0.15, 0.2) is 0 Å². The molecule has 0 aliphatic carbocycles. The minimum atomic E-state index is 0.318. The molecule has 0 aromatic rings. The first-order valence-electron chi connectivity index (χ1n) is 3.93. The molecule has 1 heteroatoms. The molecule has 0 aliphatic heterocycles. The van der Waals surface area contributed by atoms with Crippen molar-refractivity contribution >= 4 is 0 Å². The lowest BCUT2D eigenvalue weighted by Gasteiger charge is -2.08.